The van der Waals surface area contributed by atoms with Crippen molar-refractivity contribution in [2.24, 2.45) is 0 Å². The van der Waals surface area contributed by atoms with Crippen LogP contribution in [0.25, 0.3) is 0 Å². The first-order valence-corrected chi connectivity index (χ1v) is 7.92. The number of rotatable bonds is 4. The average molecular weight is 315 g/mol. The topological polar surface area (TPSA) is 115 Å². The van der Waals surface area contributed by atoms with Crippen LogP contribution >= 0.6 is 0 Å². The highest BCUT2D eigenvalue weighted by molar-refractivity contribution is 7.89. The fourth-order valence-corrected chi connectivity index (χ4v) is 4.48. The molecule has 0 radical (unpaired) electrons. The number of hydrogen-bond donors (Lipinski definition) is 3. The van der Waals surface area contributed by atoms with Crippen LogP contribution in [0.2, 0.25) is 0 Å². The molecular formula is C13H17NO6S. The number of aliphatic hydroxyl groups excluding tert-OH is 1. The van der Waals surface area contributed by atoms with E-state index in [9.17, 15) is 23.4 Å². The number of carboxylic acids is 1. The zero-order valence-corrected chi connectivity index (χ0v) is 12.3. The maximum absolute atomic E-state index is 12.7. The third-order valence-electron chi connectivity index (χ3n) is 3.64. The minimum atomic E-state index is -3.90. The van der Waals surface area contributed by atoms with Crippen molar-refractivity contribution in [1.82, 2.24) is 4.31 Å². The lowest BCUT2D eigenvalue weighted by Gasteiger charge is -2.23. The fraction of sp³-hybridized carbons (Fsp3) is 0.462. The van der Waals surface area contributed by atoms with Crippen LogP contribution in [-0.2, 0) is 10.0 Å². The van der Waals surface area contributed by atoms with Crippen molar-refractivity contribution in [3.05, 3.63) is 23.3 Å². The zero-order chi connectivity index (χ0) is 15.8. The summed E-state index contributed by atoms with van der Waals surface area (Å²) in [4.78, 5) is 10.9. The summed E-state index contributed by atoms with van der Waals surface area (Å²) < 4.78 is 26.5. The van der Waals surface area contributed by atoms with Gasteiger partial charge < -0.3 is 15.3 Å². The number of sulfonamides is 1. The van der Waals surface area contributed by atoms with Gasteiger partial charge in [0, 0.05) is 12.6 Å². The third kappa shape index (κ3) is 2.74. The quantitative estimate of drug-likeness (QED) is 0.747. The minimum absolute atomic E-state index is 0.155. The lowest BCUT2D eigenvalue weighted by Crippen LogP contribution is -2.38. The molecule has 1 fully saturated rings. The SMILES string of the molecule is Cc1cc(O)c(C(=O)O)cc1S(=O)(=O)N1CCC[C@H]1CO. The summed E-state index contributed by atoms with van der Waals surface area (Å²) in [6.07, 6.45) is 1.21. The van der Waals surface area contributed by atoms with E-state index in [4.69, 9.17) is 5.11 Å². The summed E-state index contributed by atoms with van der Waals surface area (Å²) in [5.41, 5.74) is -0.194. The zero-order valence-electron chi connectivity index (χ0n) is 11.5. The van der Waals surface area contributed by atoms with Crippen LogP contribution < -0.4 is 0 Å². The van der Waals surface area contributed by atoms with E-state index in [0.29, 0.717) is 12.8 Å². The Hall–Kier alpha value is -1.64. The predicted octanol–water partition coefficient (Wildman–Crippen LogP) is 0.544. The molecule has 1 aliphatic rings. The van der Waals surface area contributed by atoms with Crippen molar-refractivity contribution >= 4 is 16.0 Å². The van der Waals surface area contributed by atoms with Crippen molar-refractivity contribution in [1.29, 1.82) is 0 Å². The number of aromatic hydroxyl groups is 1. The molecule has 0 saturated carbocycles. The summed E-state index contributed by atoms with van der Waals surface area (Å²) in [6, 6.07) is 1.60. The van der Waals surface area contributed by atoms with Crippen LogP contribution in [0.5, 0.6) is 5.75 Å². The Labute approximate surface area is 122 Å². The molecule has 1 aromatic carbocycles. The molecule has 0 amide bonds. The number of nitrogens with zero attached hydrogens (tertiary/aromatic N) is 1. The van der Waals surface area contributed by atoms with Crippen LogP contribution in [0.15, 0.2) is 17.0 Å². The van der Waals surface area contributed by atoms with Gasteiger partial charge in [0.2, 0.25) is 10.0 Å². The van der Waals surface area contributed by atoms with E-state index < -0.39 is 33.3 Å². The Kier molecular flexibility index (Phi) is 4.22. The van der Waals surface area contributed by atoms with Gasteiger partial charge in [-0.05, 0) is 37.5 Å². The van der Waals surface area contributed by atoms with Crippen molar-refractivity contribution in [2.45, 2.75) is 30.7 Å². The van der Waals surface area contributed by atoms with Crippen molar-refractivity contribution in [3.63, 3.8) is 0 Å². The van der Waals surface area contributed by atoms with E-state index in [0.717, 1.165) is 12.1 Å². The van der Waals surface area contributed by atoms with Crippen LogP contribution in [0, 0.1) is 6.92 Å². The molecule has 1 atom stereocenters. The molecule has 0 bridgehead atoms. The van der Waals surface area contributed by atoms with Gasteiger partial charge in [-0.15, -0.1) is 0 Å². The first-order valence-electron chi connectivity index (χ1n) is 6.48. The van der Waals surface area contributed by atoms with Gasteiger partial charge in [0.25, 0.3) is 0 Å². The largest absolute Gasteiger partial charge is 0.507 e. The van der Waals surface area contributed by atoms with Crippen molar-refractivity contribution in [2.75, 3.05) is 13.2 Å². The molecular weight excluding hydrogens is 298 g/mol. The molecule has 7 nitrogen and oxygen atoms in total. The number of aryl methyl sites for hydroxylation is 1. The van der Waals surface area contributed by atoms with Crippen LogP contribution in [0.1, 0.15) is 28.8 Å². The van der Waals surface area contributed by atoms with Crippen LogP contribution in [0.4, 0.5) is 0 Å². The maximum Gasteiger partial charge on any atom is 0.339 e. The highest BCUT2D eigenvalue weighted by Gasteiger charge is 2.36. The standard InChI is InChI=1S/C13H17NO6S/c1-8-5-11(16)10(13(17)18)6-12(8)21(19,20)14-4-2-3-9(14)7-15/h5-6,9,15-16H,2-4,7H2,1H3,(H,17,18)/t9-/m0/s1. The molecule has 8 heteroatoms. The first-order chi connectivity index (χ1) is 9.78. The molecule has 1 saturated heterocycles. The molecule has 21 heavy (non-hydrogen) atoms. The van der Waals surface area contributed by atoms with Crippen molar-refractivity contribution < 1.29 is 28.5 Å². The van der Waals surface area contributed by atoms with Gasteiger partial charge in [-0.3, -0.25) is 0 Å². The molecule has 1 heterocycles. The maximum atomic E-state index is 12.7. The number of carboxylic acid groups (broad SMARTS) is 1. The van der Waals surface area contributed by atoms with E-state index in [2.05, 4.69) is 0 Å². The molecule has 1 aliphatic heterocycles. The molecule has 0 spiro atoms. The Morgan fingerprint density at radius 1 is 1.43 bits per heavy atom. The van der Waals surface area contributed by atoms with E-state index in [-0.39, 0.29) is 23.6 Å². The minimum Gasteiger partial charge on any atom is -0.507 e. The molecule has 116 valence electrons. The Morgan fingerprint density at radius 3 is 2.67 bits per heavy atom. The number of aromatic carboxylic acids is 1. The number of hydrogen-bond acceptors (Lipinski definition) is 5. The molecule has 2 rings (SSSR count). The van der Waals surface area contributed by atoms with Crippen LogP contribution in [0.3, 0.4) is 0 Å². The molecule has 0 aliphatic carbocycles. The number of carbonyl (C=O) groups is 1. The average Bonchev–Trinajstić information content (AvgIpc) is 2.86. The Morgan fingerprint density at radius 2 is 2.10 bits per heavy atom. The summed E-state index contributed by atoms with van der Waals surface area (Å²) >= 11 is 0. The highest BCUT2D eigenvalue weighted by Crippen LogP contribution is 2.31. The monoisotopic (exact) mass is 315 g/mol. The second-order valence-corrected chi connectivity index (χ2v) is 6.89. The van der Waals surface area contributed by atoms with Crippen molar-refractivity contribution in [3.8, 4) is 5.75 Å². The summed E-state index contributed by atoms with van der Waals surface area (Å²) in [7, 11) is -3.90. The van der Waals surface area contributed by atoms with E-state index >= 15 is 0 Å². The van der Waals surface area contributed by atoms with Gasteiger partial charge in [0.1, 0.15) is 11.3 Å². The van der Waals surface area contributed by atoms with Gasteiger partial charge in [-0.2, -0.15) is 4.31 Å². The smallest absolute Gasteiger partial charge is 0.339 e. The lowest BCUT2D eigenvalue weighted by atomic mass is 10.1. The highest BCUT2D eigenvalue weighted by atomic mass is 32.2. The summed E-state index contributed by atoms with van der Waals surface area (Å²) in [5, 5.41) is 27.9. The third-order valence-corrected chi connectivity index (χ3v) is 5.74. The van der Waals surface area contributed by atoms with Gasteiger partial charge in [-0.25, -0.2) is 13.2 Å². The lowest BCUT2D eigenvalue weighted by molar-refractivity contribution is 0.0693. The van der Waals surface area contributed by atoms with E-state index in [1.165, 1.54) is 11.2 Å². The first kappa shape index (κ1) is 15.7. The fourth-order valence-electron chi connectivity index (χ4n) is 2.56. The normalized spacial score (nSPS) is 19.8. The number of aliphatic hydroxyl groups is 1. The molecule has 0 unspecified atom stereocenters. The molecule has 3 N–H and O–H groups in total. The summed E-state index contributed by atoms with van der Waals surface area (Å²) in [6.45, 7) is 1.50. The molecule has 1 aromatic rings. The second-order valence-electron chi connectivity index (χ2n) is 5.03. The van der Waals surface area contributed by atoms with E-state index in [1.807, 2.05) is 0 Å². The molecule has 0 aromatic heterocycles. The van der Waals surface area contributed by atoms with Crippen LogP contribution in [-0.4, -0.2) is 53.2 Å². The van der Waals surface area contributed by atoms with Gasteiger partial charge in [0.15, 0.2) is 0 Å². The van der Waals surface area contributed by atoms with Gasteiger partial charge in [0.05, 0.1) is 11.5 Å². The van der Waals surface area contributed by atoms with E-state index in [1.54, 1.807) is 0 Å². The summed E-state index contributed by atoms with van der Waals surface area (Å²) in [5.74, 6) is -1.87. The second kappa shape index (κ2) is 5.63. The Bertz CT molecular complexity index is 669. The number of benzene rings is 1. The van der Waals surface area contributed by atoms with Gasteiger partial charge in [-0.1, -0.05) is 0 Å². The Balaban J connectivity index is 2.54. The number of phenols is 1. The van der Waals surface area contributed by atoms with Gasteiger partial charge >= 0.3 is 5.97 Å². The predicted molar refractivity (Wildman–Crippen MR) is 73.8 cm³/mol.